The first-order chi connectivity index (χ1) is 13.3. The van der Waals surface area contributed by atoms with Crippen LogP contribution in [0.15, 0.2) is 52.9 Å². The van der Waals surface area contributed by atoms with E-state index >= 15 is 0 Å². The zero-order valence-electron chi connectivity index (χ0n) is 15.9. The Morgan fingerprint density at radius 3 is 2.43 bits per heavy atom. The fraction of sp³-hybridized carbons (Fsp3) is 0.286. The summed E-state index contributed by atoms with van der Waals surface area (Å²) in [6.07, 6.45) is -4.36. The highest BCUT2D eigenvalue weighted by Crippen LogP contribution is 2.31. The lowest BCUT2D eigenvalue weighted by atomic mass is 10.1. The standard InChI is InChI=1S/C21H21F3N2O2/c1-14-19(13-26(2)12-15-5-4-6-18(11-15)27-3)25-20(28-14)16-7-9-17(10-8-16)21(22,23)24/h4-11H,12-13H2,1-3H3. The van der Waals surface area contributed by atoms with Gasteiger partial charge in [-0.3, -0.25) is 4.90 Å². The average Bonchev–Trinajstić information content (AvgIpc) is 3.01. The van der Waals surface area contributed by atoms with Gasteiger partial charge in [-0.2, -0.15) is 13.2 Å². The summed E-state index contributed by atoms with van der Waals surface area (Å²) in [6, 6.07) is 12.6. The van der Waals surface area contributed by atoms with E-state index in [2.05, 4.69) is 9.88 Å². The van der Waals surface area contributed by atoms with Crippen LogP contribution in [0.5, 0.6) is 5.75 Å². The Kier molecular flexibility index (Phi) is 5.74. The molecule has 0 saturated carbocycles. The van der Waals surface area contributed by atoms with Gasteiger partial charge >= 0.3 is 6.18 Å². The molecule has 0 N–H and O–H groups in total. The molecule has 0 aliphatic rings. The largest absolute Gasteiger partial charge is 0.497 e. The van der Waals surface area contributed by atoms with Crippen molar-refractivity contribution >= 4 is 0 Å². The Bertz CT molecular complexity index is 934. The fourth-order valence-electron chi connectivity index (χ4n) is 2.89. The summed E-state index contributed by atoms with van der Waals surface area (Å²) in [5.41, 5.74) is 1.67. The maximum Gasteiger partial charge on any atom is 0.416 e. The third-order valence-corrected chi connectivity index (χ3v) is 4.36. The molecule has 4 nitrogen and oxygen atoms in total. The van der Waals surface area contributed by atoms with E-state index in [0.717, 1.165) is 29.1 Å². The maximum atomic E-state index is 12.7. The van der Waals surface area contributed by atoms with Gasteiger partial charge in [-0.15, -0.1) is 0 Å². The number of hydrogen-bond acceptors (Lipinski definition) is 4. The van der Waals surface area contributed by atoms with Crippen molar-refractivity contribution in [2.75, 3.05) is 14.2 Å². The molecular weight excluding hydrogens is 369 g/mol. The van der Waals surface area contributed by atoms with Gasteiger partial charge in [0.1, 0.15) is 11.5 Å². The second-order valence-electron chi connectivity index (χ2n) is 6.62. The molecule has 0 saturated heterocycles. The van der Waals surface area contributed by atoms with E-state index in [1.54, 1.807) is 14.0 Å². The summed E-state index contributed by atoms with van der Waals surface area (Å²) < 4.78 is 49.0. The highest BCUT2D eigenvalue weighted by Gasteiger charge is 2.30. The molecule has 148 valence electrons. The van der Waals surface area contributed by atoms with Crippen LogP contribution in [-0.2, 0) is 19.3 Å². The summed E-state index contributed by atoms with van der Waals surface area (Å²) in [4.78, 5) is 6.55. The molecule has 0 aliphatic carbocycles. The predicted octanol–water partition coefficient (Wildman–Crippen LogP) is 5.31. The van der Waals surface area contributed by atoms with Crippen LogP contribution >= 0.6 is 0 Å². The molecule has 0 aliphatic heterocycles. The van der Waals surface area contributed by atoms with Crippen LogP contribution in [0, 0.1) is 6.92 Å². The van der Waals surface area contributed by atoms with Gasteiger partial charge in [0, 0.05) is 18.7 Å². The lowest BCUT2D eigenvalue weighted by Gasteiger charge is -2.16. The van der Waals surface area contributed by atoms with Crippen molar-refractivity contribution in [2.24, 2.45) is 0 Å². The van der Waals surface area contributed by atoms with Crippen molar-refractivity contribution < 1.29 is 22.3 Å². The molecule has 3 aromatic rings. The summed E-state index contributed by atoms with van der Waals surface area (Å²) >= 11 is 0. The summed E-state index contributed by atoms with van der Waals surface area (Å²) in [7, 11) is 3.59. The number of aromatic nitrogens is 1. The molecule has 3 rings (SSSR count). The Morgan fingerprint density at radius 1 is 1.07 bits per heavy atom. The minimum absolute atomic E-state index is 0.316. The van der Waals surface area contributed by atoms with Crippen molar-refractivity contribution in [1.82, 2.24) is 9.88 Å². The van der Waals surface area contributed by atoms with Gasteiger partial charge in [0.25, 0.3) is 0 Å². The maximum absolute atomic E-state index is 12.7. The third kappa shape index (κ3) is 4.72. The number of ether oxygens (including phenoxy) is 1. The molecule has 0 atom stereocenters. The smallest absolute Gasteiger partial charge is 0.416 e. The van der Waals surface area contributed by atoms with Crippen molar-refractivity contribution in [3.8, 4) is 17.2 Å². The lowest BCUT2D eigenvalue weighted by molar-refractivity contribution is -0.137. The molecule has 1 aromatic heterocycles. The number of halogens is 3. The monoisotopic (exact) mass is 390 g/mol. The number of alkyl halides is 3. The number of rotatable bonds is 6. The Labute approximate surface area is 161 Å². The second kappa shape index (κ2) is 8.06. The van der Waals surface area contributed by atoms with Crippen LogP contribution < -0.4 is 4.74 Å². The first-order valence-electron chi connectivity index (χ1n) is 8.71. The number of methoxy groups -OCH3 is 1. The third-order valence-electron chi connectivity index (χ3n) is 4.36. The number of benzene rings is 2. The molecule has 0 radical (unpaired) electrons. The SMILES string of the molecule is COc1cccc(CN(C)Cc2nc(-c3ccc(C(F)(F)F)cc3)oc2C)c1. The summed E-state index contributed by atoms with van der Waals surface area (Å²) in [6.45, 7) is 3.04. The van der Waals surface area contributed by atoms with E-state index in [1.807, 2.05) is 31.3 Å². The molecular formula is C21H21F3N2O2. The average molecular weight is 390 g/mol. The van der Waals surface area contributed by atoms with Crippen molar-refractivity contribution in [3.63, 3.8) is 0 Å². The minimum Gasteiger partial charge on any atom is -0.497 e. The quantitative estimate of drug-likeness (QED) is 0.572. The van der Waals surface area contributed by atoms with Crippen LogP contribution in [0.3, 0.4) is 0 Å². The van der Waals surface area contributed by atoms with Crippen molar-refractivity contribution in [3.05, 3.63) is 71.1 Å². The Hall–Kier alpha value is -2.80. The molecule has 7 heteroatoms. The molecule has 1 heterocycles. The van der Waals surface area contributed by atoms with E-state index in [1.165, 1.54) is 12.1 Å². The van der Waals surface area contributed by atoms with E-state index < -0.39 is 11.7 Å². The van der Waals surface area contributed by atoms with Gasteiger partial charge in [-0.1, -0.05) is 12.1 Å². The van der Waals surface area contributed by atoms with E-state index in [-0.39, 0.29) is 0 Å². The molecule has 0 fully saturated rings. The number of hydrogen-bond donors (Lipinski definition) is 0. The van der Waals surface area contributed by atoms with Crippen LogP contribution in [-0.4, -0.2) is 24.0 Å². The highest BCUT2D eigenvalue weighted by molar-refractivity contribution is 5.54. The molecule has 0 bridgehead atoms. The molecule has 0 amide bonds. The van der Waals surface area contributed by atoms with E-state index in [4.69, 9.17) is 9.15 Å². The summed E-state index contributed by atoms with van der Waals surface area (Å²) in [5.74, 6) is 1.76. The highest BCUT2D eigenvalue weighted by atomic mass is 19.4. The molecule has 0 unspecified atom stereocenters. The summed E-state index contributed by atoms with van der Waals surface area (Å²) in [5, 5.41) is 0. The zero-order valence-corrected chi connectivity index (χ0v) is 15.9. The first kappa shape index (κ1) is 19.9. The van der Waals surface area contributed by atoms with Gasteiger partial charge < -0.3 is 9.15 Å². The van der Waals surface area contributed by atoms with E-state index in [0.29, 0.717) is 30.3 Å². The molecule has 0 spiro atoms. The normalized spacial score (nSPS) is 11.8. The first-order valence-corrected chi connectivity index (χ1v) is 8.71. The van der Waals surface area contributed by atoms with Crippen molar-refractivity contribution in [1.29, 1.82) is 0 Å². The van der Waals surface area contributed by atoms with Gasteiger partial charge in [-0.05, 0) is 55.9 Å². The molecule has 2 aromatic carbocycles. The number of nitrogens with zero attached hydrogens (tertiary/aromatic N) is 2. The van der Waals surface area contributed by atoms with Gasteiger partial charge in [0.15, 0.2) is 0 Å². The van der Waals surface area contributed by atoms with Crippen LogP contribution in [0.2, 0.25) is 0 Å². The second-order valence-corrected chi connectivity index (χ2v) is 6.62. The van der Waals surface area contributed by atoms with Crippen LogP contribution in [0.1, 0.15) is 22.6 Å². The van der Waals surface area contributed by atoms with Gasteiger partial charge in [0.05, 0.1) is 18.4 Å². The fourth-order valence-corrected chi connectivity index (χ4v) is 2.89. The number of aryl methyl sites for hydroxylation is 1. The number of oxazole rings is 1. The Balaban J connectivity index is 1.71. The van der Waals surface area contributed by atoms with Gasteiger partial charge in [-0.25, -0.2) is 4.98 Å². The minimum atomic E-state index is -4.36. The zero-order chi connectivity index (χ0) is 20.3. The van der Waals surface area contributed by atoms with Crippen LogP contribution in [0.4, 0.5) is 13.2 Å². The van der Waals surface area contributed by atoms with Gasteiger partial charge in [0.2, 0.25) is 5.89 Å². The van der Waals surface area contributed by atoms with Crippen molar-refractivity contribution in [2.45, 2.75) is 26.2 Å². The topological polar surface area (TPSA) is 38.5 Å². The Morgan fingerprint density at radius 2 is 1.79 bits per heavy atom. The lowest BCUT2D eigenvalue weighted by Crippen LogP contribution is -2.18. The van der Waals surface area contributed by atoms with Crippen LogP contribution in [0.25, 0.3) is 11.5 Å². The van der Waals surface area contributed by atoms with E-state index in [9.17, 15) is 13.2 Å². The molecule has 28 heavy (non-hydrogen) atoms. The predicted molar refractivity (Wildman–Crippen MR) is 99.8 cm³/mol.